The molecule has 0 aromatic carbocycles. The van der Waals surface area contributed by atoms with Crippen molar-refractivity contribution in [3.05, 3.63) is 11.6 Å². The van der Waals surface area contributed by atoms with Gasteiger partial charge in [-0.3, -0.25) is 9.59 Å². The lowest BCUT2D eigenvalue weighted by molar-refractivity contribution is -0.185. The molecule has 0 aromatic rings. The number of fused-ring (bicyclic) bond motifs is 5. The van der Waals surface area contributed by atoms with Crippen LogP contribution in [0.5, 0.6) is 0 Å². The molecule has 0 aromatic heterocycles. The highest BCUT2D eigenvalue weighted by molar-refractivity contribution is 5.92. The number of Topliss-reactive ketones (excluding diaryl/α,β-unsaturated/α-hetero) is 1. The quantitative estimate of drug-likeness (QED) is 0.732. The Kier molecular flexibility index (Phi) is 5.16. The smallest absolute Gasteiger partial charge is 0.190 e. The van der Waals surface area contributed by atoms with Crippen molar-refractivity contribution >= 4 is 11.6 Å². The minimum absolute atomic E-state index is 0.0898. The molecular weight excluding hydrogens is 380 g/mol. The van der Waals surface area contributed by atoms with Gasteiger partial charge in [0.2, 0.25) is 0 Å². The van der Waals surface area contributed by atoms with Crippen molar-refractivity contribution < 1.29 is 24.5 Å². The van der Waals surface area contributed by atoms with Crippen LogP contribution in [0.2, 0.25) is 0 Å². The molecule has 0 heterocycles. The minimum Gasteiger partial charge on any atom is -0.393 e. The molecule has 0 bridgehead atoms. The zero-order valence-electron chi connectivity index (χ0n) is 19.2. The molecule has 4 rings (SSSR count). The van der Waals surface area contributed by atoms with E-state index >= 15 is 0 Å². The van der Waals surface area contributed by atoms with Crippen LogP contribution in [0.25, 0.3) is 0 Å². The van der Waals surface area contributed by atoms with Crippen molar-refractivity contribution in [2.24, 2.45) is 28.6 Å². The molecule has 4 aliphatic carbocycles. The zero-order chi connectivity index (χ0) is 22.1. The third kappa shape index (κ3) is 3.15. The van der Waals surface area contributed by atoms with Crippen molar-refractivity contribution in [2.75, 3.05) is 6.61 Å². The minimum atomic E-state index is -1.45. The van der Waals surface area contributed by atoms with Gasteiger partial charge in [-0.05, 0) is 88.5 Å². The molecule has 4 aliphatic rings. The highest BCUT2D eigenvalue weighted by Crippen LogP contribution is 2.67. The molecule has 0 saturated heterocycles. The van der Waals surface area contributed by atoms with Gasteiger partial charge >= 0.3 is 0 Å². The monoisotopic (exact) mass is 418 g/mol. The zero-order valence-corrected chi connectivity index (χ0v) is 19.2. The van der Waals surface area contributed by atoms with E-state index in [9.17, 15) is 19.8 Å². The first kappa shape index (κ1) is 22.2. The molecule has 30 heavy (non-hydrogen) atoms. The van der Waals surface area contributed by atoms with E-state index in [1.807, 2.05) is 33.8 Å². The molecule has 3 saturated carbocycles. The summed E-state index contributed by atoms with van der Waals surface area (Å²) in [6, 6.07) is 0. The molecule has 0 spiro atoms. The van der Waals surface area contributed by atoms with E-state index in [-0.39, 0.29) is 41.3 Å². The van der Waals surface area contributed by atoms with Crippen LogP contribution < -0.4 is 0 Å². The summed E-state index contributed by atoms with van der Waals surface area (Å²) < 4.78 is 5.71. The Hall–Kier alpha value is -1.04. The van der Waals surface area contributed by atoms with Crippen LogP contribution in [0.4, 0.5) is 0 Å². The number of ketones is 2. The van der Waals surface area contributed by atoms with E-state index in [0.29, 0.717) is 19.3 Å². The van der Waals surface area contributed by atoms with Gasteiger partial charge in [0, 0.05) is 11.8 Å². The van der Waals surface area contributed by atoms with Gasteiger partial charge < -0.3 is 14.9 Å². The number of carbonyl (C=O) groups is 2. The number of hydrogen-bond acceptors (Lipinski definition) is 5. The largest absolute Gasteiger partial charge is 0.393 e. The predicted molar refractivity (Wildman–Crippen MR) is 114 cm³/mol. The molecule has 0 unspecified atom stereocenters. The number of hydrogen-bond donors (Lipinski definition) is 2. The molecule has 7 atom stereocenters. The highest BCUT2D eigenvalue weighted by Gasteiger charge is 2.68. The van der Waals surface area contributed by atoms with E-state index in [4.69, 9.17) is 4.74 Å². The molecule has 5 nitrogen and oxygen atoms in total. The topological polar surface area (TPSA) is 83.8 Å². The second kappa shape index (κ2) is 6.98. The summed E-state index contributed by atoms with van der Waals surface area (Å²) in [6.07, 6.45) is 6.05. The van der Waals surface area contributed by atoms with Crippen LogP contribution >= 0.6 is 0 Å². The van der Waals surface area contributed by atoms with E-state index in [1.54, 1.807) is 0 Å². The van der Waals surface area contributed by atoms with Gasteiger partial charge in [0.15, 0.2) is 11.6 Å². The lowest BCUT2D eigenvalue weighted by Crippen LogP contribution is -2.62. The van der Waals surface area contributed by atoms with Crippen molar-refractivity contribution in [1.82, 2.24) is 0 Å². The van der Waals surface area contributed by atoms with Gasteiger partial charge in [-0.1, -0.05) is 19.4 Å². The first-order valence-electron chi connectivity index (χ1n) is 11.6. The van der Waals surface area contributed by atoms with Crippen molar-refractivity contribution in [1.29, 1.82) is 0 Å². The summed E-state index contributed by atoms with van der Waals surface area (Å²) in [4.78, 5) is 25.2. The fraction of sp³-hybridized carbons (Fsp3) is 0.840. The average molecular weight is 419 g/mol. The molecule has 2 N–H and O–H groups in total. The molecule has 3 fully saturated rings. The van der Waals surface area contributed by atoms with Gasteiger partial charge in [0.05, 0.1) is 11.7 Å². The van der Waals surface area contributed by atoms with E-state index < -0.39 is 22.7 Å². The van der Waals surface area contributed by atoms with Crippen LogP contribution in [0, 0.1) is 28.6 Å². The Morgan fingerprint density at radius 3 is 2.57 bits per heavy atom. The SMILES string of the molecule is CC(C)(C)OCC(=O)[C@@]1(O)CC[C@H]2[C@@H]3CCC4=CC(=O)CC[C@]4(C)[C@H]3[C@@H](O)C[C@@]21C. The second-order valence-corrected chi connectivity index (χ2v) is 11.8. The summed E-state index contributed by atoms with van der Waals surface area (Å²) in [6.45, 7) is 9.84. The summed E-state index contributed by atoms with van der Waals surface area (Å²) in [5.74, 6) is 0.506. The van der Waals surface area contributed by atoms with Gasteiger partial charge in [0.1, 0.15) is 12.2 Å². The number of aliphatic hydroxyl groups excluding tert-OH is 1. The van der Waals surface area contributed by atoms with E-state index in [0.717, 1.165) is 25.7 Å². The number of allylic oxidation sites excluding steroid dienone is 1. The summed E-state index contributed by atoms with van der Waals surface area (Å²) in [7, 11) is 0. The molecule has 0 aliphatic heterocycles. The molecule has 0 radical (unpaired) electrons. The Morgan fingerprint density at radius 2 is 1.90 bits per heavy atom. The molecular formula is C25H38O5. The van der Waals surface area contributed by atoms with Crippen LogP contribution in [-0.2, 0) is 14.3 Å². The Morgan fingerprint density at radius 1 is 1.20 bits per heavy atom. The molecule has 5 heteroatoms. The van der Waals surface area contributed by atoms with E-state index in [2.05, 4.69) is 6.92 Å². The van der Waals surface area contributed by atoms with Crippen LogP contribution in [0.15, 0.2) is 11.6 Å². The standard InChI is InChI=1S/C25H38O5/c1-22(2,3)30-14-20(28)25(29)11-9-18-17-7-6-15-12-16(26)8-10-23(15,4)21(17)19(27)13-24(18,25)5/h12,17-19,21,27,29H,6-11,13-14H2,1-5H3/t17-,18-,19-,21+,23-,24-,25-/m0/s1. The lowest BCUT2D eigenvalue weighted by atomic mass is 9.45. The highest BCUT2D eigenvalue weighted by atomic mass is 16.5. The molecule has 0 amide bonds. The normalized spacial score (nSPS) is 46.0. The summed E-state index contributed by atoms with van der Waals surface area (Å²) >= 11 is 0. The number of aliphatic hydroxyl groups is 2. The maximum absolute atomic E-state index is 13.2. The van der Waals surface area contributed by atoms with Gasteiger partial charge in [-0.15, -0.1) is 0 Å². The number of carbonyl (C=O) groups excluding carboxylic acids is 2. The van der Waals surface area contributed by atoms with Gasteiger partial charge in [-0.25, -0.2) is 0 Å². The average Bonchev–Trinajstić information content (AvgIpc) is 2.91. The second-order valence-electron chi connectivity index (χ2n) is 11.8. The Bertz CT molecular complexity index is 779. The maximum Gasteiger partial charge on any atom is 0.190 e. The van der Waals surface area contributed by atoms with E-state index in [1.165, 1.54) is 5.57 Å². The Balaban J connectivity index is 1.63. The predicted octanol–water partition coefficient (Wildman–Crippen LogP) is 3.60. The summed E-state index contributed by atoms with van der Waals surface area (Å²) in [5, 5.41) is 23.0. The maximum atomic E-state index is 13.2. The fourth-order valence-corrected chi connectivity index (χ4v) is 7.55. The third-order valence-electron chi connectivity index (χ3n) is 9.15. The van der Waals surface area contributed by atoms with Crippen molar-refractivity contribution in [2.45, 2.75) is 96.9 Å². The van der Waals surface area contributed by atoms with Crippen molar-refractivity contribution in [3.63, 3.8) is 0 Å². The Labute approximate surface area is 180 Å². The lowest BCUT2D eigenvalue weighted by Gasteiger charge is -2.60. The van der Waals surface area contributed by atoms with Crippen LogP contribution in [0.1, 0.15) is 79.6 Å². The van der Waals surface area contributed by atoms with Gasteiger partial charge in [0.25, 0.3) is 0 Å². The fourth-order valence-electron chi connectivity index (χ4n) is 7.55. The first-order chi connectivity index (χ1) is 13.8. The van der Waals surface area contributed by atoms with Crippen LogP contribution in [-0.4, -0.2) is 45.7 Å². The first-order valence-corrected chi connectivity index (χ1v) is 11.6. The van der Waals surface area contributed by atoms with Crippen molar-refractivity contribution in [3.8, 4) is 0 Å². The third-order valence-corrected chi connectivity index (χ3v) is 9.15. The van der Waals surface area contributed by atoms with Crippen LogP contribution in [0.3, 0.4) is 0 Å². The molecule has 168 valence electrons. The number of rotatable bonds is 3. The summed E-state index contributed by atoms with van der Waals surface area (Å²) in [5.41, 5.74) is -1.49. The van der Waals surface area contributed by atoms with Gasteiger partial charge in [-0.2, -0.15) is 0 Å². The number of ether oxygens (including phenoxy) is 1.